The fraction of sp³-hybridized carbons (Fsp3) is 0.0833. The van der Waals surface area contributed by atoms with Crippen LogP contribution in [0.1, 0.15) is 5.69 Å². The van der Waals surface area contributed by atoms with E-state index in [1.165, 1.54) is 24.4 Å². The Morgan fingerprint density at radius 1 is 1.19 bits per heavy atom. The van der Waals surface area contributed by atoms with E-state index in [1.807, 2.05) is 0 Å². The van der Waals surface area contributed by atoms with Gasteiger partial charge in [-0.25, -0.2) is 8.78 Å². The predicted octanol–water partition coefficient (Wildman–Crippen LogP) is 2.63. The minimum atomic E-state index is -0.998. The van der Waals surface area contributed by atoms with Gasteiger partial charge in [-0.3, -0.25) is 4.79 Å². The number of hydrogen-bond acceptors (Lipinski definition) is 1. The molecule has 0 saturated heterocycles. The molecule has 4 heteroatoms. The lowest BCUT2D eigenvalue weighted by atomic mass is 10.0. The second kappa shape index (κ2) is 3.89. The van der Waals surface area contributed by atoms with Crippen molar-refractivity contribution in [1.82, 2.24) is 4.98 Å². The van der Waals surface area contributed by atoms with Gasteiger partial charge in [0.05, 0.1) is 5.56 Å². The first-order chi connectivity index (χ1) is 7.61. The number of rotatable bonds is 1. The molecule has 1 aromatic heterocycles. The molecule has 2 aromatic rings. The molecule has 0 aliphatic carbocycles. The molecule has 1 aromatic carbocycles. The predicted molar refractivity (Wildman–Crippen MR) is 57.2 cm³/mol. The Balaban J connectivity index is 2.78. The van der Waals surface area contributed by atoms with Crippen LogP contribution in [-0.2, 0) is 0 Å². The average Bonchev–Trinajstić information content (AvgIpc) is 2.24. The van der Waals surface area contributed by atoms with E-state index in [4.69, 9.17) is 0 Å². The van der Waals surface area contributed by atoms with Crippen molar-refractivity contribution >= 4 is 0 Å². The molecule has 0 bridgehead atoms. The minimum Gasteiger partial charge on any atom is -0.364 e. The third-order valence-electron chi connectivity index (χ3n) is 2.38. The number of aromatic nitrogens is 1. The fourth-order valence-electron chi connectivity index (χ4n) is 1.61. The van der Waals surface area contributed by atoms with Crippen LogP contribution in [0.2, 0.25) is 0 Å². The molecule has 0 unspecified atom stereocenters. The summed E-state index contributed by atoms with van der Waals surface area (Å²) in [6.07, 6.45) is 1.47. The van der Waals surface area contributed by atoms with Crippen LogP contribution in [0, 0.1) is 18.6 Å². The zero-order valence-corrected chi connectivity index (χ0v) is 8.55. The maximum Gasteiger partial charge on any atom is 0.189 e. The maximum atomic E-state index is 13.5. The Labute approximate surface area is 90.6 Å². The molecule has 2 rings (SSSR count). The van der Waals surface area contributed by atoms with Crippen molar-refractivity contribution in [2.75, 3.05) is 0 Å². The van der Waals surface area contributed by atoms with Gasteiger partial charge in [0.25, 0.3) is 0 Å². The number of pyridine rings is 1. The molecule has 2 nitrogen and oxygen atoms in total. The first kappa shape index (κ1) is 10.5. The normalized spacial score (nSPS) is 10.4. The Morgan fingerprint density at radius 3 is 2.62 bits per heavy atom. The van der Waals surface area contributed by atoms with E-state index in [0.717, 1.165) is 6.07 Å². The Morgan fingerprint density at radius 2 is 1.94 bits per heavy atom. The molecule has 1 heterocycles. The quantitative estimate of drug-likeness (QED) is 0.788. The van der Waals surface area contributed by atoms with Gasteiger partial charge in [0.15, 0.2) is 17.1 Å². The van der Waals surface area contributed by atoms with Crippen LogP contribution in [-0.4, -0.2) is 4.98 Å². The highest BCUT2D eigenvalue weighted by molar-refractivity contribution is 5.66. The number of aromatic amines is 1. The highest BCUT2D eigenvalue weighted by Crippen LogP contribution is 2.23. The van der Waals surface area contributed by atoms with Crippen LogP contribution in [0.15, 0.2) is 35.3 Å². The molecule has 1 N–H and O–H groups in total. The van der Waals surface area contributed by atoms with Crippen LogP contribution in [0.5, 0.6) is 0 Å². The van der Waals surface area contributed by atoms with Gasteiger partial charge in [-0.1, -0.05) is 12.1 Å². The maximum absolute atomic E-state index is 13.5. The zero-order chi connectivity index (χ0) is 11.7. The van der Waals surface area contributed by atoms with Gasteiger partial charge >= 0.3 is 0 Å². The van der Waals surface area contributed by atoms with E-state index in [0.29, 0.717) is 5.69 Å². The smallest absolute Gasteiger partial charge is 0.189 e. The standard InChI is InChI=1S/C12H9F2NO/c1-7-11(10(16)5-6-15-7)8-3-2-4-9(13)12(8)14/h2-6H,1H3,(H,15,16). The van der Waals surface area contributed by atoms with Gasteiger partial charge in [-0.15, -0.1) is 0 Å². The highest BCUT2D eigenvalue weighted by atomic mass is 19.2. The number of halogens is 2. The van der Waals surface area contributed by atoms with Crippen molar-refractivity contribution < 1.29 is 8.78 Å². The molecule has 0 amide bonds. The van der Waals surface area contributed by atoms with Crippen LogP contribution >= 0.6 is 0 Å². The van der Waals surface area contributed by atoms with Crippen molar-refractivity contribution in [3.05, 3.63) is 58.0 Å². The van der Waals surface area contributed by atoms with Crippen LogP contribution < -0.4 is 5.43 Å². The first-order valence-corrected chi connectivity index (χ1v) is 4.74. The summed E-state index contributed by atoms with van der Waals surface area (Å²) in [7, 11) is 0. The van der Waals surface area contributed by atoms with Crippen LogP contribution in [0.25, 0.3) is 11.1 Å². The summed E-state index contributed by atoms with van der Waals surface area (Å²) in [6, 6.07) is 5.06. The van der Waals surface area contributed by atoms with Gasteiger partial charge in [0, 0.05) is 23.5 Å². The summed E-state index contributed by atoms with van der Waals surface area (Å²) in [5.41, 5.74) is 0.330. The number of benzene rings is 1. The summed E-state index contributed by atoms with van der Waals surface area (Å²) in [5.74, 6) is -1.96. The average molecular weight is 221 g/mol. The van der Waals surface area contributed by atoms with E-state index in [9.17, 15) is 13.6 Å². The summed E-state index contributed by atoms with van der Waals surface area (Å²) in [4.78, 5) is 14.4. The van der Waals surface area contributed by atoms with E-state index in [2.05, 4.69) is 4.98 Å². The van der Waals surface area contributed by atoms with Gasteiger partial charge in [0.1, 0.15) is 0 Å². The van der Waals surface area contributed by atoms with Crippen molar-refractivity contribution in [3.8, 4) is 11.1 Å². The van der Waals surface area contributed by atoms with Gasteiger partial charge in [-0.2, -0.15) is 0 Å². The Hall–Kier alpha value is -1.97. The van der Waals surface area contributed by atoms with Crippen molar-refractivity contribution in [1.29, 1.82) is 0 Å². The lowest BCUT2D eigenvalue weighted by Gasteiger charge is -2.06. The molecular formula is C12H9F2NO. The fourth-order valence-corrected chi connectivity index (χ4v) is 1.61. The Kier molecular flexibility index (Phi) is 2.56. The topological polar surface area (TPSA) is 32.9 Å². The van der Waals surface area contributed by atoms with E-state index in [1.54, 1.807) is 6.92 Å². The number of H-pyrrole nitrogens is 1. The molecule has 82 valence electrons. The molecule has 0 spiro atoms. The second-order valence-corrected chi connectivity index (χ2v) is 3.44. The minimum absolute atomic E-state index is 0.0145. The lowest BCUT2D eigenvalue weighted by molar-refractivity contribution is 0.511. The monoisotopic (exact) mass is 221 g/mol. The largest absolute Gasteiger partial charge is 0.364 e. The van der Waals surface area contributed by atoms with E-state index < -0.39 is 11.6 Å². The van der Waals surface area contributed by atoms with Crippen molar-refractivity contribution in [2.24, 2.45) is 0 Å². The third-order valence-corrected chi connectivity index (χ3v) is 2.38. The number of nitrogens with one attached hydrogen (secondary N) is 1. The highest BCUT2D eigenvalue weighted by Gasteiger charge is 2.14. The van der Waals surface area contributed by atoms with E-state index >= 15 is 0 Å². The molecule has 0 aliphatic heterocycles. The van der Waals surface area contributed by atoms with E-state index in [-0.39, 0.29) is 16.6 Å². The van der Waals surface area contributed by atoms with Gasteiger partial charge in [-0.05, 0) is 13.0 Å². The van der Waals surface area contributed by atoms with Gasteiger partial charge < -0.3 is 4.98 Å². The molecule has 0 atom stereocenters. The zero-order valence-electron chi connectivity index (χ0n) is 8.55. The van der Waals surface area contributed by atoms with Crippen molar-refractivity contribution in [2.45, 2.75) is 6.92 Å². The van der Waals surface area contributed by atoms with Crippen LogP contribution in [0.4, 0.5) is 8.78 Å². The molecular weight excluding hydrogens is 212 g/mol. The molecule has 0 saturated carbocycles. The summed E-state index contributed by atoms with van der Waals surface area (Å²) in [6.45, 7) is 1.64. The Bertz CT molecular complexity index is 590. The third kappa shape index (κ3) is 1.62. The number of hydrogen-bond donors (Lipinski definition) is 1. The molecule has 0 radical (unpaired) electrons. The number of aryl methyl sites for hydroxylation is 1. The molecule has 16 heavy (non-hydrogen) atoms. The van der Waals surface area contributed by atoms with Crippen molar-refractivity contribution in [3.63, 3.8) is 0 Å². The molecule has 0 fully saturated rings. The summed E-state index contributed by atoms with van der Waals surface area (Å²) >= 11 is 0. The summed E-state index contributed by atoms with van der Waals surface area (Å²) in [5, 5.41) is 0. The molecule has 0 aliphatic rings. The SMILES string of the molecule is Cc1[nH]ccc(=O)c1-c1cccc(F)c1F. The van der Waals surface area contributed by atoms with Gasteiger partial charge in [0.2, 0.25) is 0 Å². The van der Waals surface area contributed by atoms with Crippen LogP contribution in [0.3, 0.4) is 0 Å². The summed E-state index contributed by atoms with van der Waals surface area (Å²) < 4.78 is 26.6. The second-order valence-electron chi connectivity index (χ2n) is 3.44. The lowest BCUT2D eigenvalue weighted by Crippen LogP contribution is -2.08. The first-order valence-electron chi connectivity index (χ1n) is 4.74.